The van der Waals surface area contributed by atoms with Gasteiger partial charge in [0.25, 0.3) is 0 Å². The summed E-state index contributed by atoms with van der Waals surface area (Å²) in [7, 11) is 0. The van der Waals surface area contributed by atoms with E-state index in [0.29, 0.717) is 0 Å². The van der Waals surface area contributed by atoms with Crippen LogP contribution in [0.1, 0.15) is 9.43 Å². The van der Waals surface area contributed by atoms with Crippen LogP contribution in [0.2, 0.25) is 0 Å². The first-order valence-corrected chi connectivity index (χ1v) is 4.43. The van der Waals surface area contributed by atoms with E-state index < -0.39 is 0 Å². The highest BCUT2D eigenvalue weighted by atomic mass is 79.9. The third-order valence-corrected chi connectivity index (χ3v) is 1.91. The second-order valence-electron chi connectivity index (χ2n) is 1.70. The number of hydrogen-bond donors (Lipinski definition) is 0. The lowest BCUT2D eigenvalue weighted by molar-refractivity contribution is 0.620. The summed E-state index contributed by atoms with van der Waals surface area (Å²) in [5, 5.41) is 0. The molecule has 0 bridgehead atoms. The van der Waals surface area contributed by atoms with Gasteiger partial charge in [-0.25, -0.2) is 4.39 Å². The average Bonchev–Trinajstić information content (AvgIpc) is 1.88. The minimum Gasteiger partial charge on any atom is -0.256 e. The molecule has 0 radical (unpaired) electrons. The zero-order chi connectivity index (χ0) is 7.56. The van der Waals surface area contributed by atoms with E-state index in [1.165, 1.54) is 12.3 Å². The maximum atomic E-state index is 12.3. The maximum absolute atomic E-state index is 12.3. The molecule has 1 rings (SSSR count). The zero-order valence-electron chi connectivity index (χ0n) is 4.89. The molecule has 10 heavy (non-hydrogen) atoms. The molecule has 1 heterocycles. The molecular weight excluding hydrogens is 265 g/mol. The fraction of sp³-hybridized carbons (Fsp3) is 0.167. The van der Waals surface area contributed by atoms with Crippen LogP contribution < -0.4 is 0 Å². The molecule has 1 nitrogen and oxygen atoms in total. The smallest absolute Gasteiger partial charge is 0.141 e. The van der Waals surface area contributed by atoms with Crippen LogP contribution in [0, 0.1) is 5.82 Å². The fourth-order valence-corrected chi connectivity index (χ4v) is 1.06. The molecule has 0 aromatic carbocycles. The van der Waals surface area contributed by atoms with Crippen molar-refractivity contribution in [2.24, 2.45) is 0 Å². The molecule has 1 aromatic heterocycles. The monoisotopic (exact) mass is 267 g/mol. The van der Waals surface area contributed by atoms with Gasteiger partial charge in [0.05, 0.1) is 11.9 Å². The van der Waals surface area contributed by atoms with Gasteiger partial charge in [-0.2, -0.15) is 0 Å². The zero-order valence-corrected chi connectivity index (χ0v) is 8.06. The number of rotatable bonds is 1. The number of aromatic nitrogens is 1. The van der Waals surface area contributed by atoms with Gasteiger partial charge in [-0.05, 0) is 12.1 Å². The minimum absolute atomic E-state index is 0.000556. The van der Waals surface area contributed by atoms with Crippen LogP contribution in [0.4, 0.5) is 4.39 Å². The maximum Gasteiger partial charge on any atom is 0.141 e. The molecule has 0 aliphatic carbocycles. The molecule has 0 atom stereocenters. The van der Waals surface area contributed by atoms with Crippen molar-refractivity contribution in [3.63, 3.8) is 0 Å². The fourth-order valence-electron chi connectivity index (χ4n) is 0.516. The average molecular weight is 269 g/mol. The van der Waals surface area contributed by atoms with Crippen molar-refractivity contribution in [3.8, 4) is 0 Å². The van der Waals surface area contributed by atoms with E-state index >= 15 is 0 Å². The molecular formula is C6H4Br2FN. The molecule has 0 saturated carbocycles. The number of nitrogens with zero attached hydrogens (tertiary/aromatic N) is 1. The molecule has 0 aliphatic rings. The summed E-state index contributed by atoms with van der Waals surface area (Å²) in [6, 6.07) is 2.99. The Morgan fingerprint density at radius 2 is 2.10 bits per heavy atom. The molecule has 0 unspecified atom stereocenters. The third-order valence-electron chi connectivity index (χ3n) is 0.974. The molecule has 0 saturated heterocycles. The third kappa shape index (κ3) is 2.02. The standard InChI is InChI=1S/C6H4Br2FN/c7-6(8)5-2-1-4(9)3-10-5/h1-3,6H. The van der Waals surface area contributed by atoms with Crippen LogP contribution in [0.25, 0.3) is 0 Å². The lowest BCUT2D eigenvalue weighted by atomic mass is 10.4. The van der Waals surface area contributed by atoms with Crippen molar-refractivity contribution < 1.29 is 4.39 Å². The molecule has 0 amide bonds. The Balaban J connectivity index is 2.89. The highest BCUT2D eigenvalue weighted by Gasteiger charge is 2.02. The quantitative estimate of drug-likeness (QED) is 0.714. The predicted octanol–water partition coefficient (Wildman–Crippen LogP) is 3.01. The van der Waals surface area contributed by atoms with Gasteiger partial charge >= 0.3 is 0 Å². The summed E-state index contributed by atoms with van der Waals surface area (Å²) in [4.78, 5) is 3.81. The Kier molecular flexibility index (Phi) is 2.80. The second-order valence-corrected chi connectivity index (χ2v) is 4.76. The van der Waals surface area contributed by atoms with Gasteiger partial charge in [-0.3, -0.25) is 4.98 Å². The number of hydrogen-bond acceptors (Lipinski definition) is 1. The summed E-state index contributed by atoms with van der Waals surface area (Å²) >= 11 is 6.48. The minimum atomic E-state index is -0.315. The van der Waals surface area contributed by atoms with Crippen LogP contribution in [0.3, 0.4) is 0 Å². The van der Waals surface area contributed by atoms with Crippen LogP contribution >= 0.6 is 31.9 Å². The van der Waals surface area contributed by atoms with Crippen LogP contribution in [-0.2, 0) is 0 Å². The normalized spacial score (nSPS) is 10.4. The van der Waals surface area contributed by atoms with E-state index in [-0.39, 0.29) is 9.55 Å². The summed E-state index contributed by atoms with van der Waals surface area (Å²) < 4.78 is 12.3. The molecule has 0 spiro atoms. The summed E-state index contributed by atoms with van der Waals surface area (Å²) in [5.41, 5.74) is 0.765. The van der Waals surface area contributed by atoms with E-state index in [4.69, 9.17) is 0 Å². The highest BCUT2D eigenvalue weighted by Crippen LogP contribution is 2.26. The highest BCUT2D eigenvalue weighted by molar-refractivity contribution is 9.24. The lowest BCUT2D eigenvalue weighted by Gasteiger charge is -1.97. The Hall–Kier alpha value is 0.0400. The van der Waals surface area contributed by atoms with E-state index in [0.717, 1.165) is 5.69 Å². The van der Waals surface area contributed by atoms with Crippen molar-refractivity contribution in [2.45, 2.75) is 3.74 Å². The van der Waals surface area contributed by atoms with Crippen molar-refractivity contribution in [1.82, 2.24) is 4.98 Å². The van der Waals surface area contributed by atoms with Crippen LogP contribution in [0.15, 0.2) is 18.3 Å². The van der Waals surface area contributed by atoms with Crippen molar-refractivity contribution >= 4 is 31.9 Å². The molecule has 1 aromatic rings. The van der Waals surface area contributed by atoms with Gasteiger partial charge < -0.3 is 0 Å². The Morgan fingerprint density at radius 3 is 2.50 bits per heavy atom. The Morgan fingerprint density at radius 1 is 1.40 bits per heavy atom. The number of alkyl halides is 2. The first kappa shape index (κ1) is 8.14. The summed E-state index contributed by atoms with van der Waals surface area (Å²) in [6.45, 7) is 0. The first-order valence-electron chi connectivity index (χ1n) is 2.60. The molecule has 54 valence electrons. The van der Waals surface area contributed by atoms with Crippen molar-refractivity contribution in [3.05, 3.63) is 29.8 Å². The van der Waals surface area contributed by atoms with Crippen LogP contribution in [-0.4, -0.2) is 4.98 Å². The van der Waals surface area contributed by atoms with Gasteiger partial charge in [0.15, 0.2) is 0 Å². The first-order chi connectivity index (χ1) is 4.70. The van der Waals surface area contributed by atoms with Gasteiger partial charge in [-0.15, -0.1) is 0 Å². The van der Waals surface area contributed by atoms with Crippen molar-refractivity contribution in [1.29, 1.82) is 0 Å². The van der Waals surface area contributed by atoms with Gasteiger partial charge in [0.1, 0.15) is 9.55 Å². The number of pyridine rings is 1. The predicted molar refractivity (Wildman–Crippen MR) is 44.8 cm³/mol. The summed E-state index contributed by atoms with van der Waals surface area (Å²) in [6.07, 6.45) is 1.19. The molecule has 4 heteroatoms. The van der Waals surface area contributed by atoms with Gasteiger partial charge in [0, 0.05) is 0 Å². The molecule has 0 aliphatic heterocycles. The Labute approximate surface area is 74.9 Å². The van der Waals surface area contributed by atoms with Gasteiger partial charge in [-0.1, -0.05) is 31.9 Å². The lowest BCUT2D eigenvalue weighted by Crippen LogP contribution is -1.86. The van der Waals surface area contributed by atoms with E-state index in [2.05, 4.69) is 36.8 Å². The second kappa shape index (κ2) is 3.44. The molecule has 0 N–H and O–H groups in total. The summed E-state index contributed by atoms with van der Waals surface area (Å²) in [5.74, 6) is -0.315. The topological polar surface area (TPSA) is 12.9 Å². The largest absolute Gasteiger partial charge is 0.256 e. The SMILES string of the molecule is Fc1ccc(C(Br)Br)nc1. The van der Waals surface area contributed by atoms with E-state index in [9.17, 15) is 4.39 Å². The molecule has 0 fully saturated rings. The number of halogens is 3. The Bertz CT molecular complexity index is 209. The van der Waals surface area contributed by atoms with Crippen molar-refractivity contribution in [2.75, 3.05) is 0 Å². The van der Waals surface area contributed by atoms with Crippen LogP contribution in [0.5, 0.6) is 0 Å². The van der Waals surface area contributed by atoms with Gasteiger partial charge in [0.2, 0.25) is 0 Å². The van der Waals surface area contributed by atoms with E-state index in [1.54, 1.807) is 6.07 Å². The van der Waals surface area contributed by atoms with E-state index in [1.807, 2.05) is 0 Å².